The number of pyridine rings is 1. The molecule has 1 aliphatic carbocycles. The van der Waals surface area contributed by atoms with Crippen molar-refractivity contribution in [2.45, 2.75) is 30.8 Å². The Bertz CT molecular complexity index is 1800. The number of rotatable bonds is 7. The van der Waals surface area contributed by atoms with Crippen LogP contribution in [0.2, 0.25) is 0 Å². The van der Waals surface area contributed by atoms with Crippen molar-refractivity contribution in [2.24, 2.45) is 0 Å². The molecule has 0 radical (unpaired) electrons. The zero-order chi connectivity index (χ0) is 27.9. The molecule has 2 unspecified atom stereocenters. The second-order valence-corrected chi connectivity index (χ2v) is 11.7. The van der Waals surface area contributed by atoms with Crippen molar-refractivity contribution in [3.8, 4) is 12.3 Å². The second-order valence-electron chi connectivity index (χ2n) is 9.57. The first-order chi connectivity index (χ1) is 18.5. The van der Waals surface area contributed by atoms with Crippen molar-refractivity contribution in [3.63, 3.8) is 0 Å². The van der Waals surface area contributed by atoms with Gasteiger partial charge in [0, 0.05) is 11.8 Å². The molecule has 0 bridgehead atoms. The van der Waals surface area contributed by atoms with Crippen LogP contribution in [0.4, 0.5) is 10.1 Å². The fraction of sp³-hybridized carbons (Fsp3) is 0.241. The number of fused-ring (bicyclic) bond motifs is 2. The monoisotopic (exact) mass is 544 g/mol. The Balaban J connectivity index is 1.51. The van der Waals surface area contributed by atoms with Crippen molar-refractivity contribution in [1.29, 1.82) is 0 Å². The number of nitrogens with one attached hydrogen (secondary N) is 1. The largest absolute Gasteiger partial charge is 0.352 e. The fourth-order valence-electron chi connectivity index (χ4n) is 5.16. The van der Waals surface area contributed by atoms with Gasteiger partial charge in [-0.1, -0.05) is 36.3 Å². The number of nitrogens with zero attached hydrogens (tertiary/aromatic N) is 3. The Kier molecular flexibility index (Phi) is 6.56. The summed E-state index contributed by atoms with van der Waals surface area (Å²) in [5.41, 5.74) is 2.36. The molecular weight excluding hydrogens is 519 g/mol. The summed E-state index contributed by atoms with van der Waals surface area (Å²) in [7, 11) is -4.50. The SMILES string of the molecule is C#CCN(c1ccc(C(=O)C(F)(c2ccccc2)S(C)(=O)=O)nc1)C1CCc2cc3nc(C)[nH]c(=O)c3cc21. The van der Waals surface area contributed by atoms with Gasteiger partial charge in [0.05, 0.1) is 35.4 Å². The number of benzene rings is 2. The highest BCUT2D eigenvalue weighted by Gasteiger charge is 2.51. The molecule has 0 spiro atoms. The van der Waals surface area contributed by atoms with E-state index >= 15 is 4.39 Å². The molecule has 2 heterocycles. The molecule has 10 heteroatoms. The first kappa shape index (κ1) is 26.3. The predicted molar refractivity (Wildman–Crippen MR) is 147 cm³/mol. The third kappa shape index (κ3) is 4.49. The fourth-order valence-corrected chi connectivity index (χ4v) is 6.17. The number of alkyl halides is 1. The Morgan fingerprint density at radius 1 is 1.23 bits per heavy atom. The number of carbonyl (C=O) groups is 1. The number of terminal acetylenes is 1. The third-order valence-electron chi connectivity index (χ3n) is 7.03. The topological polar surface area (TPSA) is 113 Å². The van der Waals surface area contributed by atoms with Gasteiger partial charge in [0.1, 0.15) is 11.5 Å². The highest BCUT2D eigenvalue weighted by Crippen LogP contribution is 2.40. The summed E-state index contributed by atoms with van der Waals surface area (Å²) in [6, 6.07) is 13.5. The maximum absolute atomic E-state index is 16.0. The van der Waals surface area contributed by atoms with Gasteiger partial charge in [-0.3, -0.25) is 14.6 Å². The molecule has 198 valence electrons. The van der Waals surface area contributed by atoms with Crippen molar-refractivity contribution in [2.75, 3.05) is 17.7 Å². The number of carbonyl (C=O) groups excluding carboxylic acids is 1. The lowest BCUT2D eigenvalue weighted by Crippen LogP contribution is -2.39. The van der Waals surface area contributed by atoms with Gasteiger partial charge in [0.25, 0.3) is 10.6 Å². The normalized spacial score (nSPS) is 16.3. The van der Waals surface area contributed by atoms with E-state index in [1.54, 1.807) is 19.1 Å². The number of anilines is 1. The Morgan fingerprint density at radius 2 is 1.97 bits per heavy atom. The summed E-state index contributed by atoms with van der Waals surface area (Å²) in [4.78, 5) is 39.0. The number of aryl methyl sites for hydroxylation is 2. The molecule has 39 heavy (non-hydrogen) atoms. The molecule has 4 aromatic rings. The highest BCUT2D eigenvalue weighted by atomic mass is 32.2. The number of hydrogen-bond donors (Lipinski definition) is 1. The average molecular weight is 545 g/mol. The number of H-pyrrole nitrogens is 1. The van der Waals surface area contributed by atoms with Crippen LogP contribution in [0, 0.1) is 19.3 Å². The maximum atomic E-state index is 16.0. The quantitative estimate of drug-likeness (QED) is 0.278. The van der Waals surface area contributed by atoms with Crippen LogP contribution in [-0.4, -0.2) is 42.0 Å². The van der Waals surface area contributed by atoms with Crippen molar-refractivity contribution in [1.82, 2.24) is 15.0 Å². The van der Waals surface area contributed by atoms with Crippen molar-refractivity contribution >= 4 is 32.2 Å². The van der Waals surface area contributed by atoms with Crippen LogP contribution in [0.15, 0.2) is 65.6 Å². The van der Waals surface area contributed by atoms with E-state index in [1.165, 1.54) is 36.5 Å². The minimum atomic E-state index is -4.50. The highest BCUT2D eigenvalue weighted by molar-refractivity contribution is 7.92. The van der Waals surface area contributed by atoms with Crippen LogP contribution in [0.3, 0.4) is 0 Å². The second kappa shape index (κ2) is 9.75. The summed E-state index contributed by atoms with van der Waals surface area (Å²) in [5, 5.41) is -2.81. The molecule has 5 rings (SSSR count). The zero-order valence-corrected chi connectivity index (χ0v) is 22.1. The predicted octanol–water partition coefficient (Wildman–Crippen LogP) is 3.80. The zero-order valence-electron chi connectivity index (χ0n) is 21.3. The van der Waals surface area contributed by atoms with Crippen molar-refractivity contribution < 1.29 is 17.6 Å². The number of sulfone groups is 1. The summed E-state index contributed by atoms with van der Waals surface area (Å²) in [6.45, 7) is 1.94. The Hall–Kier alpha value is -4.36. The molecule has 2 atom stereocenters. The van der Waals surface area contributed by atoms with E-state index in [9.17, 15) is 18.0 Å². The van der Waals surface area contributed by atoms with E-state index < -0.39 is 20.6 Å². The maximum Gasteiger partial charge on any atom is 0.298 e. The van der Waals surface area contributed by atoms with Gasteiger partial charge in [-0.05, 0) is 55.2 Å². The van der Waals surface area contributed by atoms with Gasteiger partial charge in [0.15, 0.2) is 9.84 Å². The molecule has 8 nitrogen and oxygen atoms in total. The number of ketones is 1. The molecule has 2 aromatic carbocycles. The lowest BCUT2D eigenvalue weighted by molar-refractivity contribution is 0.0819. The van der Waals surface area contributed by atoms with Gasteiger partial charge in [-0.15, -0.1) is 6.42 Å². The molecule has 1 aliphatic rings. The van der Waals surface area contributed by atoms with Gasteiger partial charge in [-0.25, -0.2) is 17.8 Å². The van der Waals surface area contributed by atoms with Crippen LogP contribution in [0.25, 0.3) is 10.9 Å². The summed E-state index contributed by atoms with van der Waals surface area (Å²) in [6.07, 6.45) is 9.23. The van der Waals surface area contributed by atoms with Crippen LogP contribution in [-0.2, 0) is 21.3 Å². The van der Waals surface area contributed by atoms with E-state index in [0.29, 0.717) is 28.7 Å². The Labute approximate surface area is 224 Å². The van der Waals surface area contributed by atoms with E-state index in [2.05, 4.69) is 20.9 Å². The van der Waals surface area contributed by atoms with Gasteiger partial charge < -0.3 is 9.88 Å². The molecule has 2 aromatic heterocycles. The standard InChI is InChI=1S/C29H25FN4O4S/c1-4-14-34(26-13-10-19-15-25-23(16-22(19)26)28(36)33-18(2)32-25)21-11-12-24(31-17-21)27(35)29(30,39(3,37)38)20-8-6-5-7-9-20/h1,5-9,11-12,15-17,26H,10,13-14H2,2-3H3,(H,32,33,36). The van der Waals surface area contributed by atoms with E-state index in [-0.39, 0.29) is 29.4 Å². The van der Waals surface area contributed by atoms with Gasteiger partial charge >= 0.3 is 0 Å². The van der Waals surface area contributed by atoms with E-state index in [0.717, 1.165) is 24.0 Å². The molecule has 0 aliphatic heterocycles. The minimum Gasteiger partial charge on any atom is -0.352 e. The first-order valence-corrected chi connectivity index (χ1v) is 14.1. The average Bonchev–Trinajstić information content (AvgIpc) is 3.32. The van der Waals surface area contributed by atoms with Crippen LogP contribution < -0.4 is 10.5 Å². The Morgan fingerprint density at radius 3 is 2.62 bits per heavy atom. The molecule has 0 amide bonds. The number of aromatic nitrogens is 3. The van der Waals surface area contributed by atoms with Crippen LogP contribution >= 0.6 is 0 Å². The molecule has 1 N–H and O–H groups in total. The minimum absolute atomic E-state index is 0.176. The molecule has 0 fully saturated rings. The lowest BCUT2D eigenvalue weighted by Gasteiger charge is -2.30. The van der Waals surface area contributed by atoms with Crippen LogP contribution in [0.1, 0.15) is 45.5 Å². The van der Waals surface area contributed by atoms with Crippen molar-refractivity contribution in [3.05, 3.63) is 99.4 Å². The number of halogens is 1. The summed E-state index contributed by atoms with van der Waals surface area (Å²) in [5.74, 6) is 1.91. The van der Waals surface area contributed by atoms with Gasteiger partial charge in [0.2, 0.25) is 5.78 Å². The summed E-state index contributed by atoms with van der Waals surface area (Å²) >= 11 is 0. The number of hydrogen-bond acceptors (Lipinski definition) is 7. The summed E-state index contributed by atoms with van der Waals surface area (Å²) < 4.78 is 41.0. The molecule has 0 saturated heterocycles. The lowest BCUT2D eigenvalue weighted by atomic mass is 10.0. The van der Waals surface area contributed by atoms with Gasteiger partial charge in [-0.2, -0.15) is 0 Å². The molecular formula is C29H25FN4O4S. The smallest absolute Gasteiger partial charge is 0.298 e. The van der Waals surface area contributed by atoms with E-state index in [1.807, 2.05) is 17.0 Å². The third-order valence-corrected chi connectivity index (χ3v) is 8.47. The first-order valence-electron chi connectivity index (χ1n) is 12.2. The van der Waals surface area contributed by atoms with E-state index in [4.69, 9.17) is 6.42 Å². The van der Waals surface area contributed by atoms with Crippen LogP contribution in [0.5, 0.6) is 0 Å². The molecule has 0 saturated carbocycles. The number of aromatic amines is 1. The number of Topliss-reactive ketones (excluding diaryl/α,β-unsaturated/α-hetero) is 1.